The molecule has 2 N–H and O–H groups in total. The molecule has 0 aliphatic carbocycles. The number of aliphatic hydroxyl groups is 2. The van der Waals surface area contributed by atoms with Crippen LogP contribution in [-0.2, 0) is 5.60 Å². The van der Waals surface area contributed by atoms with E-state index in [1.807, 2.05) is 18.2 Å². The SMILES string of the molecule is CC(C)(O)C#C[C@@](C)(O)c1ccccc1. The smallest absolute Gasteiger partial charge is 0.148 e. The molecule has 0 saturated heterocycles. The van der Waals surface area contributed by atoms with E-state index in [1.165, 1.54) is 0 Å². The van der Waals surface area contributed by atoms with Gasteiger partial charge < -0.3 is 10.2 Å². The van der Waals surface area contributed by atoms with Gasteiger partial charge in [-0.15, -0.1) is 0 Å². The largest absolute Gasteiger partial charge is 0.378 e. The van der Waals surface area contributed by atoms with Gasteiger partial charge in [-0.05, 0) is 26.3 Å². The Kier molecular flexibility index (Phi) is 3.18. The molecule has 0 unspecified atom stereocenters. The molecule has 0 amide bonds. The lowest BCUT2D eigenvalue weighted by Gasteiger charge is -2.17. The Morgan fingerprint density at radius 2 is 1.47 bits per heavy atom. The molecule has 0 radical (unpaired) electrons. The van der Waals surface area contributed by atoms with Gasteiger partial charge in [-0.2, -0.15) is 0 Å². The summed E-state index contributed by atoms with van der Waals surface area (Å²) in [5.41, 5.74) is -1.58. The molecule has 0 fully saturated rings. The van der Waals surface area contributed by atoms with E-state index in [1.54, 1.807) is 32.9 Å². The minimum absolute atomic E-state index is 0.724. The predicted octanol–water partition coefficient (Wildman–Crippen LogP) is 1.67. The van der Waals surface area contributed by atoms with Crippen LogP contribution in [0.3, 0.4) is 0 Å². The monoisotopic (exact) mass is 204 g/mol. The standard InChI is InChI=1S/C13H16O2/c1-12(2,14)9-10-13(3,15)11-7-5-4-6-8-11/h4-8,14-15H,1-3H3/t13-/m1/s1. The van der Waals surface area contributed by atoms with Crippen LogP contribution in [0.15, 0.2) is 30.3 Å². The first kappa shape index (κ1) is 11.8. The third-order valence-electron chi connectivity index (χ3n) is 1.95. The molecular formula is C13H16O2. The van der Waals surface area contributed by atoms with Crippen LogP contribution in [0.2, 0.25) is 0 Å². The minimum Gasteiger partial charge on any atom is -0.378 e. The second-order valence-corrected chi connectivity index (χ2v) is 4.25. The Labute approximate surface area is 90.6 Å². The molecule has 1 aromatic rings. The van der Waals surface area contributed by atoms with Crippen molar-refractivity contribution in [1.29, 1.82) is 0 Å². The molecule has 0 aliphatic heterocycles. The summed E-state index contributed by atoms with van der Waals surface area (Å²) in [6.45, 7) is 4.78. The Balaban J connectivity index is 2.98. The molecular weight excluding hydrogens is 188 g/mol. The molecule has 1 aromatic carbocycles. The summed E-state index contributed by atoms with van der Waals surface area (Å²) < 4.78 is 0. The second-order valence-electron chi connectivity index (χ2n) is 4.25. The van der Waals surface area contributed by atoms with Crippen LogP contribution in [0, 0.1) is 11.8 Å². The molecule has 1 atom stereocenters. The molecule has 0 saturated carbocycles. The van der Waals surface area contributed by atoms with Gasteiger partial charge in [0.1, 0.15) is 11.2 Å². The van der Waals surface area contributed by atoms with E-state index in [9.17, 15) is 10.2 Å². The lowest BCUT2D eigenvalue weighted by atomic mass is 9.95. The lowest BCUT2D eigenvalue weighted by molar-refractivity contribution is 0.116. The van der Waals surface area contributed by atoms with Crippen LogP contribution in [0.25, 0.3) is 0 Å². The highest BCUT2D eigenvalue weighted by molar-refractivity contribution is 5.31. The molecule has 0 aliphatic rings. The summed E-state index contributed by atoms with van der Waals surface area (Å²) in [6.07, 6.45) is 0. The van der Waals surface area contributed by atoms with Gasteiger partial charge in [0.15, 0.2) is 0 Å². The van der Waals surface area contributed by atoms with Crippen LogP contribution in [0.1, 0.15) is 26.3 Å². The van der Waals surface area contributed by atoms with Crippen molar-refractivity contribution in [3.05, 3.63) is 35.9 Å². The highest BCUT2D eigenvalue weighted by Crippen LogP contribution is 2.19. The summed E-state index contributed by atoms with van der Waals surface area (Å²) in [5, 5.41) is 19.5. The van der Waals surface area contributed by atoms with Crippen molar-refractivity contribution in [2.24, 2.45) is 0 Å². The molecule has 0 heterocycles. The lowest BCUT2D eigenvalue weighted by Crippen LogP contribution is -2.21. The fraction of sp³-hybridized carbons (Fsp3) is 0.385. The van der Waals surface area contributed by atoms with Crippen LogP contribution >= 0.6 is 0 Å². The van der Waals surface area contributed by atoms with E-state index < -0.39 is 11.2 Å². The number of hydrogen-bond acceptors (Lipinski definition) is 2. The summed E-state index contributed by atoms with van der Waals surface area (Å²) in [4.78, 5) is 0. The van der Waals surface area contributed by atoms with Crippen LogP contribution in [0.5, 0.6) is 0 Å². The van der Waals surface area contributed by atoms with Crippen molar-refractivity contribution in [3.8, 4) is 11.8 Å². The highest BCUT2D eigenvalue weighted by Gasteiger charge is 2.20. The van der Waals surface area contributed by atoms with E-state index in [0.717, 1.165) is 5.56 Å². The summed E-state index contributed by atoms with van der Waals surface area (Å²) in [7, 11) is 0. The van der Waals surface area contributed by atoms with Gasteiger partial charge in [0.05, 0.1) is 0 Å². The maximum atomic E-state index is 10.1. The minimum atomic E-state index is -1.22. The number of hydrogen-bond donors (Lipinski definition) is 2. The van der Waals surface area contributed by atoms with Crippen LogP contribution in [-0.4, -0.2) is 15.8 Å². The zero-order valence-corrected chi connectivity index (χ0v) is 9.28. The van der Waals surface area contributed by atoms with Crippen molar-refractivity contribution in [2.45, 2.75) is 32.0 Å². The molecule has 0 bridgehead atoms. The van der Waals surface area contributed by atoms with Gasteiger partial charge in [0.2, 0.25) is 0 Å². The first-order chi connectivity index (χ1) is 6.81. The van der Waals surface area contributed by atoms with Gasteiger partial charge in [0, 0.05) is 0 Å². The molecule has 2 heteroatoms. The maximum Gasteiger partial charge on any atom is 0.148 e. The van der Waals surface area contributed by atoms with E-state index in [-0.39, 0.29) is 0 Å². The number of rotatable bonds is 1. The topological polar surface area (TPSA) is 40.5 Å². The number of benzene rings is 1. The summed E-state index contributed by atoms with van der Waals surface area (Å²) in [5.74, 6) is 5.29. The van der Waals surface area contributed by atoms with Crippen LogP contribution < -0.4 is 0 Å². The Morgan fingerprint density at radius 1 is 0.933 bits per heavy atom. The zero-order chi connectivity index (χ0) is 11.5. The molecule has 2 nitrogen and oxygen atoms in total. The normalized spacial score (nSPS) is 15.0. The summed E-state index contributed by atoms with van der Waals surface area (Å²) >= 11 is 0. The first-order valence-corrected chi connectivity index (χ1v) is 4.86. The summed E-state index contributed by atoms with van der Waals surface area (Å²) in [6, 6.07) is 9.17. The third-order valence-corrected chi connectivity index (χ3v) is 1.95. The molecule has 1 rings (SSSR count). The van der Waals surface area contributed by atoms with E-state index in [0.29, 0.717) is 0 Å². The Hall–Kier alpha value is -1.30. The average molecular weight is 204 g/mol. The molecule has 15 heavy (non-hydrogen) atoms. The average Bonchev–Trinajstić information content (AvgIpc) is 2.16. The van der Waals surface area contributed by atoms with Crippen molar-refractivity contribution in [3.63, 3.8) is 0 Å². The van der Waals surface area contributed by atoms with Crippen molar-refractivity contribution < 1.29 is 10.2 Å². The third kappa shape index (κ3) is 3.75. The van der Waals surface area contributed by atoms with Gasteiger partial charge in [-0.3, -0.25) is 0 Å². The first-order valence-electron chi connectivity index (χ1n) is 4.86. The molecule has 80 valence electrons. The zero-order valence-electron chi connectivity index (χ0n) is 9.28. The van der Waals surface area contributed by atoms with E-state index in [2.05, 4.69) is 11.8 Å². The van der Waals surface area contributed by atoms with E-state index >= 15 is 0 Å². The Bertz CT molecular complexity index is 374. The molecule has 0 aromatic heterocycles. The van der Waals surface area contributed by atoms with Crippen molar-refractivity contribution in [1.82, 2.24) is 0 Å². The van der Waals surface area contributed by atoms with Gasteiger partial charge >= 0.3 is 0 Å². The Morgan fingerprint density at radius 3 is 1.93 bits per heavy atom. The van der Waals surface area contributed by atoms with Gasteiger partial charge in [0.25, 0.3) is 0 Å². The van der Waals surface area contributed by atoms with E-state index in [4.69, 9.17) is 0 Å². The van der Waals surface area contributed by atoms with Crippen molar-refractivity contribution in [2.75, 3.05) is 0 Å². The van der Waals surface area contributed by atoms with Gasteiger partial charge in [-0.1, -0.05) is 42.2 Å². The fourth-order valence-electron chi connectivity index (χ4n) is 1.11. The van der Waals surface area contributed by atoms with Crippen LogP contribution in [0.4, 0.5) is 0 Å². The highest BCUT2D eigenvalue weighted by atomic mass is 16.3. The second kappa shape index (κ2) is 4.06. The quantitative estimate of drug-likeness (QED) is 0.683. The maximum absolute atomic E-state index is 10.1. The van der Waals surface area contributed by atoms with Crippen molar-refractivity contribution >= 4 is 0 Å². The van der Waals surface area contributed by atoms with Gasteiger partial charge in [-0.25, -0.2) is 0 Å². The molecule has 0 spiro atoms. The predicted molar refractivity (Wildman–Crippen MR) is 60.1 cm³/mol. The fourth-order valence-corrected chi connectivity index (χ4v) is 1.11.